The molecule has 0 saturated heterocycles. The van der Waals surface area contributed by atoms with Gasteiger partial charge in [0.2, 0.25) is 0 Å². The molecule has 2 aromatic rings. The Morgan fingerprint density at radius 3 is 2.61 bits per heavy atom. The molecule has 0 aromatic carbocycles. The van der Waals surface area contributed by atoms with Crippen molar-refractivity contribution in [1.29, 1.82) is 0 Å². The monoisotopic (exact) mass is 262 g/mol. The third-order valence-corrected chi connectivity index (χ3v) is 4.26. The molecule has 4 heteroatoms. The SMILES string of the molecule is CCn1nc(C)cc1CC(=O)c1cc(C)c(C)s1. The standard InChI is InChI=1S/C14H18N2OS/c1-5-16-12(7-10(3)15-16)8-13(17)14-6-9(2)11(4)18-14/h6-7H,5,8H2,1-4H3. The molecule has 0 fully saturated rings. The molecule has 0 aliphatic heterocycles. The summed E-state index contributed by atoms with van der Waals surface area (Å²) in [4.78, 5) is 14.3. The third-order valence-electron chi connectivity index (χ3n) is 3.07. The summed E-state index contributed by atoms with van der Waals surface area (Å²) in [7, 11) is 0. The van der Waals surface area contributed by atoms with Gasteiger partial charge in [-0.1, -0.05) is 0 Å². The molecule has 0 amide bonds. The average Bonchev–Trinajstić information content (AvgIpc) is 2.83. The van der Waals surface area contributed by atoms with E-state index in [0.29, 0.717) is 6.42 Å². The van der Waals surface area contributed by atoms with Gasteiger partial charge in [0.05, 0.1) is 17.0 Å². The first-order valence-electron chi connectivity index (χ1n) is 6.14. The van der Waals surface area contributed by atoms with Crippen molar-refractivity contribution in [2.24, 2.45) is 0 Å². The number of thiophene rings is 1. The fourth-order valence-corrected chi connectivity index (χ4v) is 2.95. The number of aromatic nitrogens is 2. The lowest BCUT2D eigenvalue weighted by Gasteiger charge is -2.02. The fourth-order valence-electron chi connectivity index (χ4n) is 1.98. The van der Waals surface area contributed by atoms with Crippen LogP contribution < -0.4 is 0 Å². The summed E-state index contributed by atoms with van der Waals surface area (Å²) in [5, 5.41) is 4.37. The van der Waals surface area contributed by atoms with Gasteiger partial charge in [-0.25, -0.2) is 0 Å². The van der Waals surface area contributed by atoms with Crippen LogP contribution in [-0.4, -0.2) is 15.6 Å². The number of carbonyl (C=O) groups is 1. The zero-order chi connectivity index (χ0) is 13.3. The second kappa shape index (κ2) is 5.06. The van der Waals surface area contributed by atoms with E-state index in [1.54, 1.807) is 11.3 Å². The number of nitrogens with zero attached hydrogens (tertiary/aromatic N) is 2. The highest BCUT2D eigenvalue weighted by Crippen LogP contribution is 2.22. The molecule has 2 rings (SSSR count). The van der Waals surface area contributed by atoms with Crippen molar-refractivity contribution in [1.82, 2.24) is 9.78 Å². The Hall–Kier alpha value is -1.42. The number of carbonyl (C=O) groups excluding carboxylic acids is 1. The normalized spacial score (nSPS) is 10.9. The average molecular weight is 262 g/mol. The molecule has 0 aliphatic rings. The molecule has 2 heterocycles. The predicted molar refractivity (Wildman–Crippen MR) is 74.5 cm³/mol. The number of hydrogen-bond donors (Lipinski definition) is 0. The topological polar surface area (TPSA) is 34.9 Å². The summed E-state index contributed by atoms with van der Waals surface area (Å²) in [6.45, 7) is 8.90. The van der Waals surface area contributed by atoms with Crippen molar-refractivity contribution >= 4 is 17.1 Å². The van der Waals surface area contributed by atoms with Crippen molar-refractivity contribution < 1.29 is 4.79 Å². The lowest BCUT2D eigenvalue weighted by Crippen LogP contribution is -2.08. The minimum Gasteiger partial charge on any atom is -0.293 e. The van der Waals surface area contributed by atoms with E-state index < -0.39 is 0 Å². The van der Waals surface area contributed by atoms with Crippen LogP contribution in [0, 0.1) is 20.8 Å². The van der Waals surface area contributed by atoms with E-state index in [4.69, 9.17) is 0 Å². The number of aryl methyl sites for hydroxylation is 4. The Morgan fingerprint density at radius 1 is 1.33 bits per heavy atom. The van der Waals surface area contributed by atoms with Gasteiger partial charge in [0.1, 0.15) is 0 Å². The van der Waals surface area contributed by atoms with E-state index in [2.05, 4.69) is 12.0 Å². The summed E-state index contributed by atoms with van der Waals surface area (Å²) in [6.07, 6.45) is 0.439. The second-order valence-corrected chi connectivity index (χ2v) is 5.80. The summed E-state index contributed by atoms with van der Waals surface area (Å²) >= 11 is 1.58. The van der Waals surface area contributed by atoms with Gasteiger partial charge in [-0.15, -0.1) is 11.3 Å². The van der Waals surface area contributed by atoms with Gasteiger partial charge < -0.3 is 0 Å². The van der Waals surface area contributed by atoms with Gasteiger partial charge in [0.25, 0.3) is 0 Å². The first-order chi connectivity index (χ1) is 8.51. The minimum absolute atomic E-state index is 0.186. The molecule has 2 aromatic heterocycles. The number of hydrogen-bond acceptors (Lipinski definition) is 3. The van der Waals surface area contributed by atoms with Crippen LogP contribution in [-0.2, 0) is 13.0 Å². The molecule has 18 heavy (non-hydrogen) atoms. The lowest BCUT2D eigenvalue weighted by molar-refractivity contribution is 0.0994. The van der Waals surface area contributed by atoms with Crippen LogP contribution in [0.1, 0.15) is 38.4 Å². The van der Waals surface area contributed by atoms with Crippen molar-refractivity contribution in [3.63, 3.8) is 0 Å². The predicted octanol–water partition coefficient (Wildman–Crippen LogP) is 3.32. The molecule has 0 radical (unpaired) electrons. The largest absolute Gasteiger partial charge is 0.293 e. The zero-order valence-corrected chi connectivity index (χ0v) is 12.1. The molecule has 0 N–H and O–H groups in total. The van der Waals surface area contributed by atoms with Crippen molar-refractivity contribution in [2.45, 2.75) is 40.7 Å². The Labute approximate surface area is 111 Å². The number of ketones is 1. The first-order valence-corrected chi connectivity index (χ1v) is 6.96. The van der Waals surface area contributed by atoms with Gasteiger partial charge >= 0.3 is 0 Å². The van der Waals surface area contributed by atoms with E-state index >= 15 is 0 Å². The maximum atomic E-state index is 12.2. The molecule has 0 spiro atoms. The van der Waals surface area contributed by atoms with E-state index in [9.17, 15) is 4.79 Å². The van der Waals surface area contributed by atoms with Crippen LogP contribution in [0.2, 0.25) is 0 Å². The van der Waals surface area contributed by atoms with E-state index in [-0.39, 0.29) is 5.78 Å². The van der Waals surface area contributed by atoms with Gasteiger partial charge in [-0.3, -0.25) is 9.48 Å². The third kappa shape index (κ3) is 2.53. The van der Waals surface area contributed by atoms with Gasteiger partial charge in [0, 0.05) is 17.1 Å². The second-order valence-electron chi connectivity index (χ2n) is 4.54. The molecule has 0 aliphatic carbocycles. The molecule has 0 unspecified atom stereocenters. The van der Waals surface area contributed by atoms with Crippen LogP contribution in [0.15, 0.2) is 12.1 Å². The van der Waals surface area contributed by atoms with Gasteiger partial charge in [-0.05, 0) is 45.4 Å². The van der Waals surface area contributed by atoms with Crippen LogP contribution in [0.3, 0.4) is 0 Å². The minimum atomic E-state index is 0.186. The first kappa shape index (κ1) is 13.0. The lowest BCUT2D eigenvalue weighted by atomic mass is 10.1. The van der Waals surface area contributed by atoms with Crippen LogP contribution in [0.4, 0.5) is 0 Å². The smallest absolute Gasteiger partial charge is 0.178 e. The quantitative estimate of drug-likeness (QED) is 0.792. The highest BCUT2D eigenvalue weighted by atomic mass is 32.1. The molecule has 96 valence electrons. The fraction of sp³-hybridized carbons (Fsp3) is 0.429. The Balaban J connectivity index is 2.20. The number of rotatable bonds is 4. The van der Waals surface area contributed by atoms with E-state index in [0.717, 1.165) is 22.8 Å². The van der Waals surface area contributed by atoms with E-state index in [1.807, 2.05) is 37.6 Å². The number of Topliss-reactive ketones (excluding diaryl/α,β-unsaturated/α-hetero) is 1. The molecule has 0 saturated carbocycles. The van der Waals surface area contributed by atoms with Crippen molar-refractivity contribution in [2.75, 3.05) is 0 Å². The van der Waals surface area contributed by atoms with E-state index in [1.165, 1.54) is 10.4 Å². The Kier molecular flexibility index (Phi) is 3.66. The van der Waals surface area contributed by atoms with Crippen LogP contribution >= 0.6 is 11.3 Å². The molecule has 0 atom stereocenters. The van der Waals surface area contributed by atoms with Crippen molar-refractivity contribution in [3.05, 3.63) is 38.8 Å². The van der Waals surface area contributed by atoms with Gasteiger partial charge in [-0.2, -0.15) is 5.10 Å². The maximum Gasteiger partial charge on any atom is 0.178 e. The summed E-state index contributed by atoms with van der Waals surface area (Å²) in [5.41, 5.74) is 3.17. The summed E-state index contributed by atoms with van der Waals surface area (Å²) in [5.74, 6) is 0.186. The summed E-state index contributed by atoms with van der Waals surface area (Å²) in [6, 6.07) is 3.98. The Morgan fingerprint density at radius 2 is 2.06 bits per heavy atom. The zero-order valence-electron chi connectivity index (χ0n) is 11.3. The van der Waals surface area contributed by atoms with Crippen LogP contribution in [0.5, 0.6) is 0 Å². The molecule has 0 bridgehead atoms. The molecular weight excluding hydrogens is 244 g/mol. The highest BCUT2D eigenvalue weighted by molar-refractivity contribution is 7.14. The van der Waals surface area contributed by atoms with Crippen LogP contribution in [0.25, 0.3) is 0 Å². The van der Waals surface area contributed by atoms with Crippen molar-refractivity contribution in [3.8, 4) is 0 Å². The van der Waals surface area contributed by atoms with Gasteiger partial charge in [0.15, 0.2) is 5.78 Å². The molecule has 3 nitrogen and oxygen atoms in total. The maximum absolute atomic E-state index is 12.2. The summed E-state index contributed by atoms with van der Waals surface area (Å²) < 4.78 is 1.90. The Bertz CT molecular complexity index is 561. The molecular formula is C14H18N2OS. The highest BCUT2D eigenvalue weighted by Gasteiger charge is 2.14.